The number of anilines is 1. The molecule has 6 nitrogen and oxygen atoms in total. The van der Waals surface area contributed by atoms with Crippen molar-refractivity contribution in [1.29, 1.82) is 0 Å². The van der Waals surface area contributed by atoms with E-state index >= 15 is 0 Å². The van der Waals surface area contributed by atoms with Crippen molar-refractivity contribution in [3.8, 4) is 11.4 Å². The van der Waals surface area contributed by atoms with Gasteiger partial charge in [0.1, 0.15) is 22.4 Å². The van der Waals surface area contributed by atoms with Crippen LogP contribution < -0.4 is 5.32 Å². The molecule has 0 unspecified atom stereocenters. The van der Waals surface area contributed by atoms with E-state index in [-0.39, 0.29) is 0 Å². The smallest absolute Gasteiger partial charge is 0.164 e. The highest BCUT2D eigenvalue weighted by Crippen LogP contribution is 2.30. The van der Waals surface area contributed by atoms with Crippen molar-refractivity contribution in [2.24, 2.45) is 14.1 Å². The molecule has 0 radical (unpaired) electrons. The molecule has 0 aliphatic heterocycles. The Morgan fingerprint density at radius 1 is 1.00 bits per heavy atom. The summed E-state index contributed by atoms with van der Waals surface area (Å²) in [6, 6.07) is 10.1. The van der Waals surface area contributed by atoms with Gasteiger partial charge < -0.3 is 14.5 Å². The van der Waals surface area contributed by atoms with Crippen molar-refractivity contribution in [3.05, 3.63) is 36.7 Å². The van der Waals surface area contributed by atoms with Crippen LogP contribution in [0.1, 0.15) is 0 Å². The van der Waals surface area contributed by atoms with Crippen LogP contribution in [0.15, 0.2) is 36.7 Å². The lowest BCUT2D eigenvalue weighted by Crippen LogP contribution is -1.98. The second-order valence-electron chi connectivity index (χ2n) is 5.30. The highest BCUT2D eigenvalue weighted by molar-refractivity contribution is 6.04. The van der Waals surface area contributed by atoms with Crippen LogP contribution in [0.3, 0.4) is 0 Å². The minimum Gasteiger partial charge on any atom is -0.371 e. The van der Waals surface area contributed by atoms with E-state index in [1.165, 1.54) is 0 Å². The van der Waals surface area contributed by atoms with E-state index in [1.54, 1.807) is 6.33 Å². The van der Waals surface area contributed by atoms with Crippen molar-refractivity contribution in [2.75, 3.05) is 12.4 Å². The minimum atomic E-state index is 0.769. The predicted molar refractivity (Wildman–Crippen MR) is 87.8 cm³/mol. The fraction of sp³-hybridized carbons (Fsp3) is 0.188. The van der Waals surface area contributed by atoms with Gasteiger partial charge in [-0.1, -0.05) is 30.3 Å². The van der Waals surface area contributed by atoms with Crippen molar-refractivity contribution >= 4 is 28.0 Å². The summed E-state index contributed by atoms with van der Waals surface area (Å²) in [6.07, 6.45) is 1.80. The van der Waals surface area contributed by atoms with E-state index in [2.05, 4.69) is 22.4 Å². The third-order valence-corrected chi connectivity index (χ3v) is 3.94. The fourth-order valence-electron chi connectivity index (χ4n) is 2.84. The van der Waals surface area contributed by atoms with Crippen molar-refractivity contribution in [3.63, 3.8) is 0 Å². The number of fused-ring (bicyclic) bond motifs is 3. The highest BCUT2D eigenvalue weighted by Gasteiger charge is 2.18. The SMILES string of the molecule is CNc1nc2c(nc(-c3ccccc3)n2C)c2c1ncn2C. The Bertz CT molecular complexity index is 980. The zero-order valence-electron chi connectivity index (χ0n) is 12.7. The molecular weight excluding hydrogens is 276 g/mol. The van der Waals surface area contributed by atoms with Gasteiger partial charge in [0, 0.05) is 26.7 Å². The largest absolute Gasteiger partial charge is 0.371 e. The molecule has 0 bridgehead atoms. The summed E-state index contributed by atoms with van der Waals surface area (Å²) in [5, 5.41) is 3.12. The average molecular weight is 292 g/mol. The zero-order chi connectivity index (χ0) is 15.3. The van der Waals surface area contributed by atoms with E-state index in [4.69, 9.17) is 9.97 Å². The number of benzene rings is 1. The first-order valence-electron chi connectivity index (χ1n) is 7.11. The second kappa shape index (κ2) is 4.56. The van der Waals surface area contributed by atoms with Gasteiger partial charge in [-0.2, -0.15) is 0 Å². The third kappa shape index (κ3) is 1.64. The summed E-state index contributed by atoms with van der Waals surface area (Å²) < 4.78 is 4.01. The molecular formula is C16H16N6. The number of aryl methyl sites for hydroxylation is 2. The van der Waals surface area contributed by atoms with Gasteiger partial charge in [0.05, 0.1) is 6.33 Å². The first-order chi connectivity index (χ1) is 10.7. The Hall–Kier alpha value is -2.89. The molecule has 1 aromatic carbocycles. The molecule has 3 heterocycles. The van der Waals surface area contributed by atoms with Crippen molar-refractivity contribution in [1.82, 2.24) is 24.1 Å². The molecule has 0 atom stereocenters. The molecule has 0 amide bonds. The third-order valence-electron chi connectivity index (χ3n) is 3.94. The molecule has 0 spiro atoms. The molecule has 4 rings (SSSR count). The molecule has 0 aliphatic carbocycles. The maximum atomic E-state index is 4.83. The summed E-state index contributed by atoms with van der Waals surface area (Å²) in [7, 11) is 5.83. The molecule has 3 aromatic heterocycles. The minimum absolute atomic E-state index is 0.769. The van der Waals surface area contributed by atoms with Crippen LogP contribution in [0.2, 0.25) is 0 Å². The Morgan fingerprint density at radius 2 is 1.77 bits per heavy atom. The van der Waals surface area contributed by atoms with Gasteiger partial charge in [-0.25, -0.2) is 15.0 Å². The van der Waals surface area contributed by atoms with E-state index in [0.717, 1.165) is 39.4 Å². The lowest BCUT2D eigenvalue weighted by molar-refractivity contribution is 0.942. The van der Waals surface area contributed by atoms with Crippen LogP contribution >= 0.6 is 0 Å². The molecule has 1 N–H and O–H groups in total. The first kappa shape index (κ1) is 12.8. The summed E-state index contributed by atoms with van der Waals surface area (Å²) in [4.78, 5) is 14.0. The molecule has 6 heteroatoms. The standard InChI is InChI=1S/C16H16N6/c1-17-14-11-13(21(2)9-18-11)12-16(20-14)22(3)15(19-12)10-7-5-4-6-8-10/h4-9H,1-3H3,(H,17,20). The number of aromatic nitrogens is 5. The van der Waals surface area contributed by atoms with Gasteiger partial charge >= 0.3 is 0 Å². The van der Waals surface area contributed by atoms with Gasteiger partial charge in [0.25, 0.3) is 0 Å². The van der Waals surface area contributed by atoms with Gasteiger partial charge in [-0.3, -0.25) is 0 Å². The summed E-state index contributed by atoms with van der Waals surface area (Å²) >= 11 is 0. The Morgan fingerprint density at radius 3 is 2.50 bits per heavy atom. The molecule has 0 aliphatic rings. The van der Waals surface area contributed by atoms with Gasteiger partial charge in [0.15, 0.2) is 11.5 Å². The number of rotatable bonds is 2. The van der Waals surface area contributed by atoms with E-state index in [1.807, 2.05) is 48.5 Å². The number of hydrogen-bond acceptors (Lipinski definition) is 4. The Kier molecular flexibility index (Phi) is 2.66. The summed E-state index contributed by atoms with van der Waals surface area (Å²) in [6.45, 7) is 0. The van der Waals surface area contributed by atoms with E-state index < -0.39 is 0 Å². The van der Waals surface area contributed by atoms with Crippen molar-refractivity contribution < 1.29 is 0 Å². The van der Waals surface area contributed by atoms with Crippen LogP contribution in [-0.4, -0.2) is 31.1 Å². The second-order valence-corrected chi connectivity index (χ2v) is 5.30. The zero-order valence-corrected chi connectivity index (χ0v) is 12.7. The Balaban J connectivity index is 2.14. The number of pyridine rings is 1. The van der Waals surface area contributed by atoms with Crippen LogP contribution in [0.5, 0.6) is 0 Å². The number of nitrogens with one attached hydrogen (secondary N) is 1. The van der Waals surface area contributed by atoms with Crippen LogP contribution in [-0.2, 0) is 14.1 Å². The Labute approximate surface area is 127 Å². The molecule has 0 saturated carbocycles. The maximum Gasteiger partial charge on any atom is 0.164 e. The van der Waals surface area contributed by atoms with E-state index in [9.17, 15) is 0 Å². The molecule has 22 heavy (non-hydrogen) atoms. The molecule has 110 valence electrons. The average Bonchev–Trinajstić information content (AvgIpc) is 3.09. The normalized spacial score (nSPS) is 11.4. The van der Waals surface area contributed by atoms with Gasteiger partial charge in [-0.05, 0) is 0 Å². The maximum absolute atomic E-state index is 4.83. The van der Waals surface area contributed by atoms with Crippen LogP contribution in [0.25, 0.3) is 33.6 Å². The summed E-state index contributed by atoms with van der Waals surface area (Å²) in [5.41, 5.74) is 4.63. The monoisotopic (exact) mass is 292 g/mol. The lowest BCUT2D eigenvalue weighted by Gasteiger charge is -2.04. The number of imidazole rings is 2. The number of nitrogens with zero attached hydrogens (tertiary/aromatic N) is 5. The summed E-state index contributed by atoms with van der Waals surface area (Å²) in [5.74, 6) is 1.67. The predicted octanol–water partition coefficient (Wildman–Crippen LogP) is 2.56. The topological polar surface area (TPSA) is 60.6 Å². The van der Waals surface area contributed by atoms with Crippen LogP contribution in [0, 0.1) is 0 Å². The van der Waals surface area contributed by atoms with Gasteiger partial charge in [-0.15, -0.1) is 0 Å². The van der Waals surface area contributed by atoms with Crippen molar-refractivity contribution in [2.45, 2.75) is 0 Å². The fourth-order valence-corrected chi connectivity index (χ4v) is 2.84. The molecule has 0 saturated heterocycles. The molecule has 4 aromatic rings. The van der Waals surface area contributed by atoms with E-state index in [0.29, 0.717) is 0 Å². The first-order valence-corrected chi connectivity index (χ1v) is 7.11. The van der Waals surface area contributed by atoms with Gasteiger partial charge in [0.2, 0.25) is 0 Å². The number of hydrogen-bond donors (Lipinski definition) is 1. The quantitative estimate of drug-likeness (QED) is 0.617. The lowest BCUT2D eigenvalue weighted by atomic mass is 10.2. The van der Waals surface area contributed by atoms with Crippen LogP contribution in [0.4, 0.5) is 5.82 Å². The molecule has 0 fully saturated rings. The highest BCUT2D eigenvalue weighted by atomic mass is 15.2.